The highest BCUT2D eigenvalue weighted by atomic mass is 35.5. The number of amides is 2. The fourth-order valence-corrected chi connectivity index (χ4v) is 4.05. The molecule has 2 aromatic carbocycles. The molecule has 0 aromatic heterocycles. The maximum atomic E-state index is 13.7. The largest absolute Gasteiger partial charge is 0.333 e. The second kappa shape index (κ2) is 11.3. The molecule has 0 aliphatic carbocycles. The third-order valence-corrected chi connectivity index (χ3v) is 5.92. The lowest BCUT2D eigenvalue weighted by molar-refractivity contribution is -0.134. The van der Waals surface area contributed by atoms with Crippen LogP contribution in [0.2, 0.25) is 5.02 Å². The Bertz CT molecular complexity index is 1100. The molecule has 32 heavy (non-hydrogen) atoms. The average molecular weight is 492 g/mol. The number of hydrogen-bond acceptors (Lipinski definition) is 4. The number of nitrogens with one attached hydrogen (secondary N) is 2. The van der Waals surface area contributed by atoms with E-state index < -0.39 is 51.5 Å². The molecular formula is C20H21ClF3N3O4S. The van der Waals surface area contributed by atoms with Gasteiger partial charge in [0.2, 0.25) is 21.8 Å². The first-order valence-corrected chi connectivity index (χ1v) is 11.4. The molecule has 2 aromatic rings. The maximum Gasteiger partial charge on any atom is 0.244 e. The smallest absolute Gasteiger partial charge is 0.244 e. The van der Waals surface area contributed by atoms with Crippen molar-refractivity contribution in [1.29, 1.82) is 0 Å². The maximum absolute atomic E-state index is 13.7. The summed E-state index contributed by atoms with van der Waals surface area (Å²) in [5.74, 6) is -6.03. The monoisotopic (exact) mass is 491 g/mol. The van der Waals surface area contributed by atoms with Crippen molar-refractivity contribution in [2.75, 3.05) is 25.0 Å². The van der Waals surface area contributed by atoms with Gasteiger partial charge in [-0.3, -0.25) is 9.59 Å². The Morgan fingerprint density at radius 1 is 1.09 bits per heavy atom. The molecule has 0 aliphatic heterocycles. The lowest BCUT2D eigenvalue weighted by Crippen LogP contribution is -2.40. The van der Waals surface area contributed by atoms with Crippen LogP contribution in [-0.2, 0) is 19.6 Å². The van der Waals surface area contributed by atoms with E-state index in [0.29, 0.717) is 12.5 Å². The van der Waals surface area contributed by atoms with Crippen LogP contribution in [0.15, 0.2) is 41.3 Å². The van der Waals surface area contributed by atoms with Crippen LogP contribution in [0.25, 0.3) is 0 Å². The van der Waals surface area contributed by atoms with Crippen LogP contribution in [-0.4, -0.2) is 44.8 Å². The first-order chi connectivity index (χ1) is 15.0. The van der Waals surface area contributed by atoms with Crippen molar-refractivity contribution in [3.8, 4) is 0 Å². The van der Waals surface area contributed by atoms with E-state index in [1.54, 1.807) is 6.92 Å². The summed E-state index contributed by atoms with van der Waals surface area (Å²) >= 11 is 5.79. The van der Waals surface area contributed by atoms with E-state index in [9.17, 15) is 31.2 Å². The molecule has 0 unspecified atom stereocenters. The summed E-state index contributed by atoms with van der Waals surface area (Å²) in [7, 11) is -3.88. The van der Waals surface area contributed by atoms with Gasteiger partial charge >= 0.3 is 0 Å². The molecule has 12 heteroatoms. The van der Waals surface area contributed by atoms with E-state index in [-0.39, 0.29) is 29.4 Å². The Labute approximate surface area is 188 Å². The number of nitrogens with zero attached hydrogens (tertiary/aromatic N) is 1. The highest BCUT2D eigenvalue weighted by molar-refractivity contribution is 7.89. The summed E-state index contributed by atoms with van der Waals surface area (Å²) in [5, 5.41) is 2.33. The minimum Gasteiger partial charge on any atom is -0.333 e. The van der Waals surface area contributed by atoms with Crippen LogP contribution in [0.1, 0.15) is 19.8 Å². The molecule has 174 valence electrons. The number of halogens is 4. The predicted molar refractivity (Wildman–Crippen MR) is 113 cm³/mol. The molecule has 0 aliphatic rings. The van der Waals surface area contributed by atoms with Gasteiger partial charge in [0, 0.05) is 24.5 Å². The average Bonchev–Trinajstić information content (AvgIpc) is 2.73. The van der Waals surface area contributed by atoms with Gasteiger partial charge in [0.25, 0.3) is 0 Å². The number of rotatable bonds is 10. The van der Waals surface area contributed by atoms with Crippen molar-refractivity contribution in [1.82, 2.24) is 9.62 Å². The Hall–Kier alpha value is -2.63. The van der Waals surface area contributed by atoms with Crippen LogP contribution in [0.4, 0.5) is 18.9 Å². The highest BCUT2D eigenvalue weighted by Gasteiger charge is 2.20. The van der Waals surface area contributed by atoms with Gasteiger partial charge in [-0.1, -0.05) is 24.6 Å². The molecule has 2 N–H and O–H groups in total. The Balaban J connectivity index is 1.95. The van der Waals surface area contributed by atoms with E-state index in [0.717, 1.165) is 11.0 Å². The second-order valence-electron chi connectivity index (χ2n) is 6.69. The molecule has 2 rings (SSSR count). The standard InChI is InChI=1S/C20H21ClF3N3O4S/c1-2-10-27(12-17(28)26-16-7-6-15(22)19(23)20(16)24)18(29)8-9-25-32(30,31)14-5-3-4-13(21)11-14/h3-7,11,25H,2,8-10,12H2,1H3,(H,26,28). The van der Waals surface area contributed by atoms with Crippen molar-refractivity contribution < 1.29 is 31.2 Å². The van der Waals surface area contributed by atoms with E-state index in [2.05, 4.69) is 10.0 Å². The summed E-state index contributed by atoms with van der Waals surface area (Å²) in [6.07, 6.45) is 0.249. The molecule has 0 heterocycles. The fraction of sp³-hybridized carbons (Fsp3) is 0.300. The Morgan fingerprint density at radius 2 is 1.81 bits per heavy atom. The van der Waals surface area contributed by atoms with Gasteiger partial charge in [-0.2, -0.15) is 0 Å². The van der Waals surface area contributed by atoms with Gasteiger partial charge in [0.05, 0.1) is 17.1 Å². The van der Waals surface area contributed by atoms with Gasteiger partial charge < -0.3 is 10.2 Å². The van der Waals surface area contributed by atoms with Crippen LogP contribution >= 0.6 is 11.6 Å². The molecule has 0 atom stereocenters. The van der Waals surface area contributed by atoms with Crippen molar-refractivity contribution in [3.05, 3.63) is 58.9 Å². The number of carbonyl (C=O) groups is 2. The molecule has 0 spiro atoms. The minimum atomic E-state index is -3.88. The summed E-state index contributed by atoms with van der Waals surface area (Å²) in [6.45, 7) is 1.22. The SMILES string of the molecule is CCCN(CC(=O)Nc1ccc(F)c(F)c1F)C(=O)CCNS(=O)(=O)c1cccc(Cl)c1. The van der Waals surface area contributed by atoms with E-state index in [1.807, 2.05) is 0 Å². The summed E-state index contributed by atoms with van der Waals surface area (Å²) < 4.78 is 66.9. The number of benzene rings is 2. The first-order valence-electron chi connectivity index (χ1n) is 9.51. The molecule has 0 radical (unpaired) electrons. The minimum absolute atomic E-state index is 0.0594. The Morgan fingerprint density at radius 3 is 2.47 bits per heavy atom. The first kappa shape index (κ1) is 25.6. The topological polar surface area (TPSA) is 95.6 Å². The lowest BCUT2D eigenvalue weighted by atomic mass is 10.2. The van der Waals surface area contributed by atoms with Crippen LogP contribution in [0.3, 0.4) is 0 Å². The molecule has 0 fully saturated rings. The number of hydrogen-bond donors (Lipinski definition) is 2. The molecular weight excluding hydrogens is 471 g/mol. The summed E-state index contributed by atoms with van der Waals surface area (Å²) in [5.41, 5.74) is -0.563. The molecule has 7 nitrogen and oxygen atoms in total. The van der Waals surface area contributed by atoms with Gasteiger partial charge in [-0.05, 0) is 36.8 Å². The zero-order valence-electron chi connectivity index (χ0n) is 17.0. The van der Waals surface area contributed by atoms with Crippen molar-refractivity contribution >= 4 is 39.1 Å². The quantitative estimate of drug-likeness (QED) is 0.498. The lowest BCUT2D eigenvalue weighted by Gasteiger charge is -2.22. The van der Waals surface area contributed by atoms with Gasteiger partial charge in [0.15, 0.2) is 17.5 Å². The second-order valence-corrected chi connectivity index (χ2v) is 8.89. The summed E-state index contributed by atoms with van der Waals surface area (Å²) in [6, 6.07) is 7.12. The predicted octanol–water partition coefficient (Wildman–Crippen LogP) is 3.30. The third-order valence-electron chi connectivity index (χ3n) is 4.23. The number of anilines is 1. The van der Waals surface area contributed by atoms with E-state index in [1.165, 1.54) is 24.3 Å². The van der Waals surface area contributed by atoms with Crippen LogP contribution in [0.5, 0.6) is 0 Å². The highest BCUT2D eigenvalue weighted by Crippen LogP contribution is 2.19. The van der Waals surface area contributed by atoms with Crippen LogP contribution in [0, 0.1) is 17.5 Å². The summed E-state index contributed by atoms with van der Waals surface area (Å²) in [4.78, 5) is 25.8. The van der Waals surface area contributed by atoms with Crippen molar-refractivity contribution in [2.45, 2.75) is 24.7 Å². The number of carbonyl (C=O) groups excluding carboxylic acids is 2. The fourth-order valence-electron chi connectivity index (χ4n) is 2.72. The molecule has 0 saturated carbocycles. The molecule has 2 amide bonds. The van der Waals surface area contributed by atoms with Gasteiger partial charge in [-0.25, -0.2) is 26.3 Å². The van der Waals surface area contributed by atoms with Crippen molar-refractivity contribution in [2.24, 2.45) is 0 Å². The number of sulfonamides is 1. The van der Waals surface area contributed by atoms with Gasteiger partial charge in [-0.15, -0.1) is 0 Å². The van der Waals surface area contributed by atoms with Gasteiger partial charge in [0.1, 0.15) is 0 Å². The normalized spacial score (nSPS) is 11.3. The van der Waals surface area contributed by atoms with Crippen molar-refractivity contribution in [3.63, 3.8) is 0 Å². The third kappa shape index (κ3) is 6.94. The van der Waals surface area contributed by atoms with E-state index in [4.69, 9.17) is 11.6 Å². The van der Waals surface area contributed by atoms with Crippen LogP contribution < -0.4 is 10.0 Å². The molecule has 0 bridgehead atoms. The van der Waals surface area contributed by atoms with E-state index >= 15 is 0 Å². The Kier molecular flexibility index (Phi) is 9.05. The zero-order valence-corrected chi connectivity index (χ0v) is 18.6. The zero-order chi connectivity index (χ0) is 23.9. The molecule has 0 saturated heterocycles.